The Morgan fingerprint density at radius 1 is 1.28 bits per heavy atom. The maximum atomic E-state index is 12.0. The van der Waals surface area contributed by atoms with Gasteiger partial charge in [-0.15, -0.1) is 0 Å². The van der Waals surface area contributed by atoms with E-state index in [0.717, 1.165) is 5.71 Å². The standard InChI is InChI=1S/C13H14Cl2N2O/c1-13(2,3)11-7-12(18)17(16-11)10-5-4-8(14)6-9(10)15/h4-6H,7H2,1-3H3. The van der Waals surface area contributed by atoms with Gasteiger partial charge >= 0.3 is 0 Å². The summed E-state index contributed by atoms with van der Waals surface area (Å²) in [7, 11) is 0. The zero-order chi connectivity index (χ0) is 13.5. The summed E-state index contributed by atoms with van der Waals surface area (Å²) in [6.07, 6.45) is 0.336. The van der Waals surface area contributed by atoms with Crippen LogP contribution in [0.25, 0.3) is 0 Å². The molecule has 2 rings (SSSR count). The van der Waals surface area contributed by atoms with Gasteiger partial charge in [0.25, 0.3) is 5.91 Å². The topological polar surface area (TPSA) is 32.7 Å². The SMILES string of the molecule is CC(C)(C)C1=NN(c2ccc(Cl)cc2Cl)C(=O)C1. The molecule has 0 saturated heterocycles. The molecule has 0 spiro atoms. The monoisotopic (exact) mass is 284 g/mol. The van der Waals surface area contributed by atoms with Crippen molar-refractivity contribution in [3.63, 3.8) is 0 Å². The normalized spacial score (nSPS) is 16.2. The van der Waals surface area contributed by atoms with E-state index in [9.17, 15) is 4.79 Å². The Balaban J connectivity index is 2.40. The van der Waals surface area contributed by atoms with E-state index in [1.807, 2.05) is 20.8 Å². The molecule has 0 aliphatic carbocycles. The van der Waals surface area contributed by atoms with Crippen LogP contribution in [0.4, 0.5) is 5.69 Å². The molecule has 96 valence electrons. The molecule has 0 fully saturated rings. The van der Waals surface area contributed by atoms with Gasteiger partial charge in [0.15, 0.2) is 0 Å². The van der Waals surface area contributed by atoms with E-state index in [-0.39, 0.29) is 11.3 Å². The molecule has 0 aromatic heterocycles. The molecule has 1 aliphatic heterocycles. The Hall–Kier alpha value is -1.06. The summed E-state index contributed by atoms with van der Waals surface area (Å²) in [5, 5.41) is 6.70. The van der Waals surface area contributed by atoms with Crippen LogP contribution in [0.1, 0.15) is 27.2 Å². The molecule has 18 heavy (non-hydrogen) atoms. The van der Waals surface area contributed by atoms with Crippen molar-refractivity contribution in [1.82, 2.24) is 0 Å². The number of anilines is 1. The number of hydrogen-bond donors (Lipinski definition) is 0. The highest BCUT2D eigenvalue weighted by Gasteiger charge is 2.32. The van der Waals surface area contributed by atoms with Crippen molar-refractivity contribution in [1.29, 1.82) is 0 Å². The van der Waals surface area contributed by atoms with Crippen LogP contribution in [0.3, 0.4) is 0 Å². The molecule has 1 aromatic carbocycles. The Morgan fingerprint density at radius 3 is 2.44 bits per heavy atom. The minimum absolute atomic E-state index is 0.0656. The summed E-state index contributed by atoms with van der Waals surface area (Å²) < 4.78 is 0. The number of nitrogens with zero attached hydrogens (tertiary/aromatic N) is 2. The highest BCUT2D eigenvalue weighted by molar-refractivity contribution is 6.37. The Labute approximate surface area is 116 Å². The van der Waals surface area contributed by atoms with E-state index in [1.165, 1.54) is 5.01 Å². The van der Waals surface area contributed by atoms with Crippen molar-refractivity contribution in [2.24, 2.45) is 10.5 Å². The van der Waals surface area contributed by atoms with Crippen LogP contribution in [0, 0.1) is 5.41 Å². The maximum Gasteiger partial charge on any atom is 0.253 e. The van der Waals surface area contributed by atoms with Gasteiger partial charge in [0.1, 0.15) is 0 Å². The molecule has 0 N–H and O–H groups in total. The highest BCUT2D eigenvalue weighted by Crippen LogP contribution is 2.33. The van der Waals surface area contributed by atoms with Gasteiger partial charge in [-0.25, -0.2) is 0 Å². The van der Waals surface area contributed by atoms with Crippen LogP contribution >= 0.6 is 23.2 Å². The second-order valence-corrected chi connectivity index (χ2v) is 6.12. The van der Waals surface area contributed by atoms with Gasteiger partial charge in [-0.3, -0.25) is 4.79 Å². The van der Waals surface area contributed by atoms with E-state index in [4.69, 9.17) is 23.2 Å². The average Bonchev–Trinajstić information content (AvgIpc) is 2.60. The number of amides is 1. The quantitative estimate of drug-likeness (QED) is 0.763. The minimum atomic E-state index is -0.122. The van der Waals surface area contributed by atoms with Crippen molar-refractivity contribution in [2.75, 3.05) is 5.01 Å². The summed E-state index contributed by atoms with van der Waals surface area (Å²) in [6.45, 7) is 6.10. The number of hydrogen-bond acceptors (Lipinski definition) is 2. The fraction of sp³-hybridized carbons (Fsp3) is 0.385. The van der Waals surface area contributed by atoms with Crippen molar-refractivity contribution in [3.8, 4) is 0 Å². The molecular formula is C13H14Cl2N2O. The first kappa shape index (κ1) is 13.4. The summed E-state index contributed by atoms with van der Waals surface area (Å²) in [4.78, 5) is 12.0. The van der Waals surface area contributed by atoms with Crippen molar-refractivity contribution >= 4 is 40.5 Å². The maximum absolute atomic E-state index is 12.0. The predicted molar refractivity (Wildman–Crippen MR) is 75.5 cm³/mol. The molecule has 1 aromatic rings. The van der Waals surface area contributed by atoms with E-state index < -0.39 is 0 Å². The molecule has 5 heteroatoms. The van der Waals surface area contributed by atoms with Gasteiger partial charge in [0, 0.05) is 10.4 Å². The second-order valence-electron chi connectivity index (χ2n) is 5.27. The molecule has 1 aliphatic rings. The molecule has 3 nitrogen and oxygen atoms in total. The largest absolute Gasteiger partial charge is 0.272 e. The van der Waals surface area contributed by atoms with Crippen LogP contribution in [0.2, 0.25) is 10.0 Å². The van der Waals surface area contributed by atoms with Crippen LogP contribution in [0.15, 0.2) is 23.3 Å². The average molecular weight is 285 g/mol. The van der Waals surface area contributed by atoms with E-state index >= 15 is 0 Å². The van der Waals surface area contributed by atoms with E-state index in [2.05, 4.69) is 5.10 Å². The molecule has 0 radical (unpaired) electrons. The number of carbonyl (C=O) groups is 1. The predicted octanol–water partition coefficient (Wildman–Crippen LogP) is 4.13. The summed E-state index contributed by atoms with van der Waals surface area (Å²) in [6, 6.07) is 5.01. The van der Waals surface area contributed by atoms with Gasteiger partial charge in [-0.1, -0.05) is 44.0 Å². The lowest BCUT2D eigenvalue weighted by Gasteiger charge is -2.17. The number of halogens is 2. The Kier molecular flexibility index (Phi) is 3.39. The van der Waals surface area contributed by atoms with Gasteiger partial charge in [0.05, 0.1) is 22.8 Å². The van der Waals surface area contributed by atoms with Crippen molar-refractivity contribution in [3.05, 3.63) is 28.2 Å². The minimum Gasteiger partial charge on any atom is -0.272 e. The zero-order valence-electron chi connectivity index (χ0n) is 10.5. The zero-order valence-corrected chi connectivity index (χ0v) is 12.0. The van der Waals surface area contributed by atoms with Crippen LogP contribution in [0.5, 0.6) is 0 Å². The smallest absolute Gasteiger partial charge is 0.253 e. The third-order valence-electron chi connectivity index (χ3n) is 2.78. The van der Waals surface area contributed by atoms with Crippen LogP contribution in [-0.2, 0) is 4.79 Å². The summed E-state index contributed by atoms with van der Waals surface area (Å²) in [5.41, 5.74) is 1.31. The third kappa shape index (κ3) is 2.52. The fourth-order valence-electron chi connectivity index (χ4n) is 1.69. The van der Waals surface area contributed by atoms with Crippen LogP contribution < -0.4 is 5.01 Å². The van der Waals surface area contributed by atoms with Gasteiger partial charge in [0.2, 0.25) is 0 Å². The van der Waals surface area contributed by atoms with Crippen LogP contribution in [-0.4, -0.2) is 11.6 Å². The number of hydrazone groups is 1. The first-order valence-electron chi connectivity index (χ1n) is 5.65. The highest BCUT2D eigenvalue weighted by atomic mass is 35.5. The van der Waals surface area contributed by atoms with E-state index in [1.54, 1.807) is 18.2 Å². The van der Waals surface area contributed by atoms with Gasteiger partial charge in [-0.2, -0.15) is 10.1 Å². The van der Waals surface area contributed by atoms with Gasteiger partial charge in [-0.05, 0) is 18.2 Å². The lowest BCUT2D eigenvalue weighted by atomic mass is 9.88. The first-order valence-corrected chi connectivity index (χ1v) is 6.40. The molecule has 0 bridgehead atoms. The summed E-state index contributed by atoms with van der Waals surface area (Å²) in [5.74, 6) is -0.0656. The molecule has 0 atom stereocenters. The van der Waals surface area contributed by atoms with E-state index in [0.29, 0.717) is 22.2 Å². The molecular weight excluding hydrogens is 271 g/mol. The third-order valence-corrected chi connectivity index (χ3v) is 3.32. The number of benzene rings is 1. The molecule has 0 saturated carbocycles. The Morgan fingerprint density at radius 2 is 1.94 bits per heavy atom. The first-order chi connectivity index (χ1) is 8.29. The van der Waals surface area contributed by atoms with Gasteiger partial charge < -0.3 is 0 Å². The second kappa shape index (κ2) is 4.56. The number of rotatable bonds is 1. The fourth-order valence-corrected chi connectivity index (χ4v) is 2.17. The van der Waals surface area contributed by atoms with Crippen molar-refractivity contribution in [2.45, 2.75) is 27.2 Å². The lowest BCUT2D eigenvalue weighted by molar-refractivity contribution is -0.116. The van der Waals surface area contributed by atoms with Crippen molar-refractivity contribution < 1.29 is 4.79 Å². The lowest BCUT2D eigenvalue weighted by Crippen LogP contribution is -2.20. The molecule has 0 unspecified atom stereocenters. The molecule has 1 heterocycles. The Bertz CT molecular complexity index is 532. The molecule has 1 amide bonds. The summed E-state index contributed by atoms with van der Waals surface area (Å²) >= 11 is 11.9. The number of carbonyl (C=O) groups excluding carboxylic acids is 1.